The third kappa shape index (κ3) is 2.78. The van der Waals surface area contributed by atoms with Gasteiger partial charge in [0, 0.05) is 6.42 Å². The van der Waals surface area contributed by atoms with Crippen LogP contribution in [0.2, 0.25) is 0 Å². The first-order chi connectivity index (χ1) is 11.1. The Labute approximate surface area is 131 Å². The largest absolute Gasteiger partial charge is 0.493 e. The molecule has 0 amide bonds. The van der Waals surface area contributed by atoms with Crippen molar-refractivity contribution in [1.29, 1.82) is 0 Å². The first-order valence-corrected chi connectivity index (χ1v) is 6.82. The van der Waals surface area contributed by atoms with Crippen molar-refractivity contribution in [3.8, 4) is 11.5 Å². The van der Waals surface area contributed by atoms with Gasteiger partial charge in [0.25, 0.3) is 0 Å². The van der Waals surface area contributed by atoms with E-state index < -0.39 is 0 Å². The van der Waals surface area contributed by atoms with Gasteiger partial charge in [-0.25, -0.2) is 9.97 Å². The minimum absolute atomic E-state index is 0.108. The Hall–Kier alpha value is -3.16. The Bertz CT molecular complexity index is 875. The van der Waals surface area contributed by atoms with Gasteiger partial charge in [-0.05, 0) is 17.7 Å². The molecule has 3 rings (SSSR count). The molecule has 0 aliphatic heterocycles. The molecule has 0 saturated heterocycles. The first-order valence-electron chi connectivity index (χ1n) is 6.82. The Balaban J connectivity index is 2.04. The van der Waals surface area contributed by atoms with Gasteiger partial charge in [0.1, 0.15) is 5.52 Å². The highest BCUT2D eigenvalue weighted by atomic mass is 16.5. The van der Waals surface area contributed by atoms with Gasteiger partial charge in [0.05, 0.1) is 19.9 Å². The van der Waals surface area contributed by atoms with E-state index in [9.17, 15) is 4.79 Å². The van der Waals surface area contributed by atoms with Crippen LogP contribution in [-0.4, -0.2) is 40.4 Å². The van der Waals surface area contributed by atoms with E-state index in [-0.39, 0.29) is 11.8 Å². The molecule has 23 heavy (non-hydrogen) atoms. The predicted octanol–water partition coefficient (Wildman–Crippen LogP) is 1.36. The molecule has 0 fully saturated rings. The Kier molecular flexibility index (Phi) is 3.80. The monoisotopic (exact) mass is 313 g/mol. The molecular formula is C15H15N5O3. The number of aldehydes is 1. The van der Waals surface area contributed by atoms with E-state index in [1.54, 1.807) is 14.2 Å². The molecule has 0 saturated carbocycles. The van der Waals surface area contributed by atoms with Crippen molar-refractivity contribution < 1.29 is 14.3 Å². The number of anilines is 1. The van der Waals surface area contributed by atoms with Crippen LogP contribution in [-0.2, 0) is 6.42 Å². The summed E-state index contributed by atoms with van der Waals surface area (Å²) in [4.78, 5) is 26.1. The van der Waals surface area contributed by atoms with Crippen LogP contribution in [0.25, 0.3) is 11.2 Å². The number of H-pyrrole nitrogens is 1. The molecular weight excluding hydrogens is 298 g/mol. The van der Waals surface area contributed by atoms with Crippen LogP contribution in [0.5, 0.6) is 11.5 Å². The fourth-order valence-electron chi connectivity index (χ4n) is 2.36. The lowest BCUT2D eigenvalue weighted by Gasteiger charge is -2.09. The standard InChI is InChI=1S/C15H15N5O3/c1-22-10-4-3-8(6-11(10)23-2)5-9-13-14(20-15(16)17-9)19-12(7-21)18-13/h3-4,6-7H,5H2,1-2H3,(H3,16,17,18,19,20). The Morgan fingerprint density at radius 3 is 2.65 bits per heavy atom. The van der Waals surface area contributed by atoms with Gasteiger partial charge in [-0.2, -0.15) is 4.98 Å². The topological polar surface area (TPSA) is 116 Å². The minimum Gasteiger partial charge on any atom is -0.493 e. The molecule has 1 aromatic carbocycles. The molecule has 0 unspecified atom stereocenters. The zero-order chi connectivity index (χ0) is 16.4. The number of nitrogens with zero attached hydrogens (tertiary/aromatic N) is 3. The lowest BCUT2D eigenvalue weighted by atomic mass is 10.1. The summed E-state index contributed by atoms with van der Waals surface area (Å²) in [6, 6.07) is 5.59. The van der Waals surface area contributed by atoms with Gasteiger partial charge in [-0.3, -0.25) is 4.79 Å². The second-order valence-corrected chi connectivity index (χ2v) is 4.83. The van der Waals surface area contributed by atoms with E-state index >= 15 is 0 Å². The molecule has 0 atom stereocenters. The summed E-state index contributed by atoms with van der Waals surface area (Å²) >= 11 is 0. The smallest absolute Gasteiger partial charge is 0.222 e. The highest BCUT2D eigenvalue weighted by molar-refractivity contribution is 5.81. The Morgan fingerprint density at radius 1 is 1.17 bits per heavy atom. The van der Waals surface area contributed by atoms with Crippen molar-refractivity contribution in [3.63, 3.8) is 0 Å². The first kappa shape index (κ1) is 14.8. The SMILES string of the molecule is COc1ccc(Cc2nc(N)nc3nc(C=O)[nH]c23)cc1OC. The fourth-order valence-corrected chi connectivity index (χ4v) is 2.36. The maximum atomic E-state index is 10.9. The normalized spacial score (nSPS) is 10.7. The summed E-state index contributed by atoms with van der Waals surface area (Å²) in [7, 11) is 3.16. The molecule has 2 heterocycles. The van der Waals surface area contributed by atoms with E-state index in [2.05, 4.69) is 19.9 Å². The predicted molar refractivity (Wildman–Crippen MR) is 83.8 cm³/mol. The van der Waals surface area contributed by atoms with Crippen molar-refractivity contribution >= 4 is 23.4 Å². The molecule has 3 N–H and O–H groups in total. The molecule has 118 valence electrons. The molecule has 0 radical (unpaired) electrons. The molecule has 2 aromatic heterocycles. The van der Waals surface area contributed by atoms with Crippen molar-refractivity contribution in [1.82, 2.24) is 19.9 Å². The number of methoxy groups -OCH3 is 2. The molecule has 8 nitrogen and oxygen atoms in total. The molecule has 0 bridgehead atoms. The number of hydrogen-bond donors (Lipinski definition) is 2. The number of nitrogen functional groups attached to an aromatic ring is 1. The summed E-state index contributed by atoms with van der Waals surface area (Å²) in [5.74, 6) is 1.57. The molecule has 0 aliphatic carbocycles. The quantitative estimate of drug-likeness (QED) is 0.683. The highest BCUT2D eigenvalue weighted by Crippen LogP contribution is 2.29. The third-order valence-electron chi connectivity index (χ3n) is 3.39. The summed E-state index contributed by atoms with van der Waals surface area (Å²) in [6.45, 7) is 0. The zero-order valence-corrected chi connectivity index (χ0v) is 12.7. The molecule has 0 aliphatic rings. The van der Waals surface area contributed by atoms with Crippen molar-refractivity contribution in [2.75, 3.05) is 20.0 Å². The fraction of sp³-hybridized carbons (Fsp3) is 0.200. The van der Waals surface area contributed by atoms with Gasteiger partial charge in [0.2, 0.25) is 5.95 Å². The van der Waals surface area contributed by atoms with Crippen LogP contribution in [0.4, 0.5) is 5.95 Å². The summed E-state index contributed by atoms with van der Waals surface area (Å²) in [5.41, 5.74) is 8.29. The summed E-state index contributed by atoms with van der Waals surface area (Å²) in [5, 5.41) is 0. The van der Waals surface area contributed by atoms with Gasteiger partial charge in [-0.15, -0.1) is 0 Å². The highest BCUT2D eigenvalue weighted by Gasteiger charge is 2.13. The van der Waals surface area contributed by atoms with E-state index in [4.69, 9.17) is 15.2 Å². The van der Waals surface area contributed by atoms with E-state index in [0.717, 1.165) is 5.56 Å². The minimum atomic E-state index is 0.108. The van der Waals surface area contributed by atoms with Crippen LogP contribution in [0.15, 0.2) is 18.2 Å². The summed E-state index contributed by atoms with van der Waals surface area (Å²) < 4.78 is 10.5. The number of ether oxygens (including phenoxy) is 2. The summed E-state index contributed by atoms with van der Waals surface area (Å²) in [6.07, 6.45) is 1.10. The van der Waals surface area contributed by atoms with Crippen LogP contribution in [0.1, 0.15) is 21.9 Å². The number of imidazole rings is 1. The second-order valence-electron chi connectivity index (χ2n) is 4.83. The van der Waals surface area contributed by atoms with E-state index in [1.165, 1.54) is 0 Å². The second kappa shape index (κ2) is 5.91. The van der Waals surface area contributed by atoms with Crippen molar-refractivity contribution in [2.45, 2.75) is 6.42 Å². The average molecular weight is 313 g/mol. The van der Waals surface area contributed by atoms with Gasteiger partial charge < -0.3 is 20.2 Å². The van der Waals surface area contributed by atoms with Crippen molar-refractivity contribution in [2.24, 2.45) is 0 Å². The number of rotatable bonds is 5. The number of hydrogen-bond acceptors (Lipinski definition) is 7. The van der Waals surface area contributed by atoms with Crippen molar-refractivity contribution in [3.05, 3.63) is 35.3 Å². The molecule has 8 heteroatoms. The van der Waals surface area contributed by atoms with Crippen LogP contribution in [0, 0.1) is 0 Å². The van der Waals surface area contributed by atoms with E-state index in [0.29, 0.717) is 41.1 Å². The number of nitrogens with two attached hydrogens (primary N) is 1. The lowest BCUT2D eigenvalue weighted by Crippen LogP contribution is -2.02. The number of carbonyl (C=O) groups excluding carboxylic acids is 1. The zero-order valence-electron chi connectivity index (χ0n) is 12.7. The lowest BCUT2D eigenvalue weighted by molar-refractivity contribution is 0.111. The number of benzene rings is 1. The van der Waals surface area contributed by atoms with Crippen LogP contribution >= 0.6 is 0 Å². The third-order valence-corrected chi connectivity index (χ3v) is 3.39. The van der Waals surface area contributed by atoms with Gasteiger partial charge in [0.15, 0.2) is 29.3 Å². The number of carbonyl (C=O) groups is 1. The van der Waals surface area contributed by atoms with Gasteiger partial charge in [-0.1, -0.05) is 6.07 Å². The van der Waals surface area contributed by atoms with Crippen LogP contribution < -0.4 is 15.2 Å². The average Bonchev–Trinajstić information content (AvgIpc) is 2.97. The number of aromatic nitrogens is 4. The van der Waals surface area contributed by atoms with Crippen LogP contribution in [0.3, 0.4) is 0 Å². The maximum Gasteiger partial charge on any atom is 0.222 e. The number of fused-ring (bicyclic) bond motifs is 1. The van der Waals surface area contributed by atoms with E-state index in [1.807, 2.05) is 18.2 Å². The van der Waals surface area contributed by atoms with Gasteiger partial charge >= 0.3 is 0 Å². The Morgan fingerprint density at radius 2 is 1.96 bits per heavy atom. The number of aromatic amines is 1. The maximum absolute atomic E-state index is 10.9. The molecule has 3 aromatic rings. The molecule has 0 spiro atoms. The number of nitrogens with one attached hydrogen (secondary N) is 1.